The van der Waals surface area contributed by atoms with Crippen molar-refractivity contribution in [3.63, 3.8) is 0 Å². The minimum Gasteiger partial charge on any atom is -0.279 e. The molecule has 0 saturated heterocycles. The summed E-state index contributed by atoms with van der Waals surface area (Å²) in [4.78, 5) is 4.64. The molecule has 2 rings (SSSR count). The third kappa shape index (κ3) is 3.24. The van der Waals surface area contributed by atoms with Gasteiger partial charge >= 0.3 is 0 Å². The molecule has 2 heterocycles. The first-order valence-corrected chi connectivity index (χ1v) is 10.5. The van der Waals surface area contributed by atoms with Gasteiger partial charge < -0.3 is 0 Å². The van der Waals surface area contributed by atoms with Crippen LogP contribution in [0.25, 0.3) is 4.96 Å². The standard InChI is InChI=1S/C12H18ClN3O2S3/c1-4-12(5-2,19-3)8-14-21(17,18)10-9(13)15-11-16(10)6-7-20-11/h6-7,14H,4-5,8H2,1-3H3. The zero-order chi connectivity index (χ0) is 15.7. The molecule has 9 heteroatoms. The fourth-order valence-electron chi connectivity index (χ4n) is 2.13. The Morgan fingerprint density at radius 3 is 2.71 bits per heavy atom. The molecule has 0 aliphatic rings. The second kappa shape index (κ2) is 6.45. The molecule has 0 atom stereocenters. The van der Waals surface area contributed by atoms with E-state index >= 15 is 0 Å². The molecule has 0 fully saturated rings. The number of sulfonamides is 1. The molecule has 0 aliphatic heterocycles. The minimum absolute atomic E-state index is 0.0112. The van der Waals surface area contributed by atoms with Crippen LogP contribution in [0.3, 0.4) is 0 Å². The lowest BCUT2D eigenvalue weighted by Crippen LogP contribution is -2.39. The van der Waals surface area contributed by atoms with E-state index in [0.717, 1.165) is 12.8 Å². The predicted octanol–water partition coefficient (Wildman–Crippen LogP) is 3.25. The van der Waals surface area contributed by atoms with Gasteiger partial charge in [0.05, 0.1) is 0 Å². The van der Waals surface area contributed by atoms with Crippen molar-refractivity contribution < 1.29 is 8.42 Å². The summed E-state index contributed by atoms with van der Waals surface area (Å²) in [5.74, 6) is 0. The summed E-state index contributed by atoms with van der Waals surface area (Å²) in [5.41, 5.74) is 0. The van der Waals surface area contributed by atoms with Crippen LogP contribution in [0.4, 0.5) is 0 Å². The third-order valence-electron chi connectivity index (χ3n) is 3.74. The first kappa shape index (κ1) is 17.1. The molecule has 0 unspecified atom stereocenters. The molecular formula is C12H18ClN3O2S3. The summed E-state index contributed by atoms with van der Waals surface area (Å²) in [6.45, 7) is 4.51. The molecule has 2 aromatic heterocycles. The van der Waals surface area contributed by atoms with Crippen molar-refractivity contribution in [3.05, 3.63) is 16.7 Å². The number of thioether (sulfide) groups is 1. The van der Waals surface area contributed by atoms with E-state index in [4.69, 9.17) is 11.6 Å². The van der Waals surface area contributed by atoms with Gasteiger partial charge in [0.1, 0.15) is 0 Å². The minimum atomic E-state index is -3.70. The Balaban J connectivity index is 2.31. The number of imidazole rings is 1. The van der Waals surface area contributed by atoms with Crippen LogP contribution in [0.1, 0.15) is 26.7 Å². The number of nitrogens with one attached hydrogen (secondary N) is 1. The monoisotopic (exact) mass is 367 g/mol. The van der Waals surface area contributed by atoms with E-state index in [1.807, 2.05) is 6.26 Å². The molecular weight excluding hydrogens is 350 g/mol. The lowest BCUT2D eigenvalue weighted by atomic mass is 10.0. The third-order valence-corrected chi connectivity index (χ3v) is 7.88. The molecule has 0 aliphatic carbocycles. The maximum Gasteiger partial charge on any atom is 0.259 e. The largest absolute Gasteiger partial charge is 0.279 e. The molecule has 21 heavy (non-hydrogen) atoms. The normalized spacial score (nSPS) is 13.1. The molecule has 0 saturated carbocycles. The van der Waals surface area contributed by atoms with Crippen molar-refractivity contribution in [1.29, 1.82) is 0 Å². The van der Waals surface area contributed by atoms with Gasteiger partial charge in [-0.2, -0.15) is 11.8 Å². The highest BCUT2D eigenvalue weighted by atomic mass is 35.5. The van der Waals surface area contributed by atoms with Crippen LogP contribution < -0.4 is 4.72 Å². The zero-order valence-corrected chi connectivity index (χ0v) is 15.3. The lowest BCUT2D eigenvalue weighted by Gasteiger charge is -2.29. The van der Waals surface area contributed by atoms with Crippen LogP contribution >= 0.6 is 34.7 Å². The summed E-state index contributed by atoms with van der Waals surface area (Å²) in [5, 5.41) is 1.81. The van der Waals surface area contributed by atoms with Crippen LogP contribution in [0.15, 0.2) is 16.6 Å². The maximum absolute atomic E-state index is 12.6. The predicted molar refractivity (Wildman–Crippen MR) is 90.1 cm³/mol. The van der Waals surface area contributed by atoms with E-state index in [2.05, 4.69) is 23.6 Å². The van der Waals surface area contributed by atoms with Crippen LogP contribution in [-0.2, 0) is 10.0 Å². The smallest absolute Gasteiger partial charge is 0.259 e. The molecule has 0 bridgehead atoms. The molecule has 0 amide bonds. The first-order valence-electron chi connectivity index (χ1n) is 6.55. The fourth-order valence-corrected chi connectivity index (χ4v) is 5.59. The number of fused-ring (bicyclic) bond motifs is 1. The molecule has 1 N–H and O–H groups in total. The Labute approximate surface area is 138 Å². The van der Waals surface area contributed by atoms with E-state index in [1.54, 1.807) is 23.3 Å². The summed E-state index contributed by atoms with van der Waals surface area (Å²) in [7, 11) is -3.70. The van der Waals surface area contributed by atoms with Crippen LogP contribution in [0.5, 0.6) is 0 Å². The quantitative estimate of drug-likeness (QED) is 0.815. The number of rotatable bonds is 7. The molecule has 0 aromatic carbocycles. The maximum atomic E-state index is 12.6. The SMILES string of the molecule is CCC(CC)(CNS(=O)(=O)c1c(Cl)nc2sccn12)SC. The molecule has 5 nitrogen and oxygen atoms in total. The van der Waals surface area contributed by atoms with Crippen LogP contribution in [0.2, 0.25) is 5.15 Å². The van der Waals surface area contributed by atoms with Crippen molar-refractivity contribution in [2.75, 3.05) is 12.8 Å². The van der Waals surface area contributed by atoms with Crippen molar-refractivity contribution >= 4 is 49.7 Å². The van der Waals surface area contributed by atoms with Gasteiger partial charge in [-0.1, -0.05) is 25.4 Å². The lowest BCUT2D eigenvalue weighted by molar-refractivity contribution is 0.520. The van der Waals surface area contributed by atoms with Gasteiger partial charge in [0.2, 0.25) is 0 Å². The van der Waals surface area contributed by atoms with Crippen molar-refractivity contribution in [1.82, 2.24) is 14.1 Å². The Morgan fingerprint density at radius 1 is 1.48 bits per heavy atom. The van der Waals surface area contributed by atoms with Crippen LogP contribution in [0, 0.1) is 0 Å². The van der Waals surface area contributed by atoms with Crippen molar-refractivity contribution in [2.24, 2.45) is 0 Å². The van der Waals surface area contributed by atoms with Gasteiger partial charge in [-0.3, -0.25) is 4.40 Å². The summed E-state index contributed by atoms with van der Waals surface area (Å²) < 4.78 is 29.2. The Morgan fingerprint density at radius 2 is 2.14 bits per heavy atom. The van der Waals surface area contributed by atoms with Crippen molar-refractivity contribution in [2.45, 2.75) is 36.5 Å². The van der Waals surface area contributed by atoms with E-state index < -0.39 is 10.0 Å². The number of hydrogen-bond donors (Lipinski definition) is 1. The molecule has 0 radical (unpaired) electrons. The number of halogens is 1. The van der Waals surface area contributed by atoms with Gasteiger partial charge in [0.25, 0.3) is 10.0 Å². The fraction of sp³-hybridized carbons (Fsp3) is 0.583. The topological polar surface area (TPSA) is 63.5 Å². The average Bonchev–Trinajstić information content (AvgIpc) is 3.00. The van der Waals surface area contributed by atoms with Crippen molar-refractivity contribution in [3.8, 4) is 0 Å². The summed E-state index contributed by atoms with van der Waals surface area (Å²) in [6.07, 6.45) is 5.45. The number of hydrogen-bond acceptors (Lipinski definition) is 5. The second-order valence-electron chi connectivity index (χ2n) is 4.68. The Kier molecular flexibility index (Phi) is 5.25. The van der Waals surface area contributed by atoms with Gasteiger partial charge in [-0.15, -0.1) is 11.3 Å². The highest BCUT2D eigenvalue weighted by Gasteiger charge is 2.30. The van der Waals surface area contributed by atoms with E-state index in [0.29, 0.717) is 11.5 Å². The molecule has 0 spiro atoms. The zero-order valence-electron chi connectivity index (χ0n) is 12.1. The first-order chi connectivity index (χ1) is 9.89. The molecule has 118 valence electrons. The summed E-state index contributed by atoms with van der Waals surface area (Å²) in [6, 6.07) is 0. The Bertz CT molecular complexity index is 711. The van der Waals surface area contributed by atoms with Crippen LogP contribution in [-0.4, -0.2) is 35.4 Å². The van der Waals surface area contributed by atoms with Gasteiger partial charge in [-0.25, -0.2) is 18.1 Å². The van der Waals surface area contributed by atoms with Gasteiger partial charge in [0.15, 0.2) is 15.1 Å². The average molecular weight is 368 g/mol. The van der Waals surface area contributed by atoms with E-state index in [9.17, 15) is 8.42 Å². The molecule has 2 aromatic rings. The van der Waals surface area contributed by atoms with Gasteiger partial charge in [-0.05, 0) is 19.1 Å². The number of nitrogens with zero attached hydrogens (tertiary/aromatic N) is 2. The van der Waals surface area contributed by atoms with E-state index in [-0.39, 0.29) is 14.9 Å². The highest BCUT2D eigenvalue weighted by molar-refractivity contribution is 8.00. The number of aromatic nitrogens is 2. The van der Waals surface area contributed by atoms with E-state index in [1.165, 1.54) is 15.7 Å². The highest BCUT2D eigenvalue weighted by Crippen LogP contribution is 2.31. The second-order valence-corrected chi connectivity index (χ2v) is 8.87. The Hall–Kier alpha value is -0.280. The number of thiazole rings is 1. The van der Waals surface area contributed by atoms with Gasteiger partial charge in [0, 0.05) is 22.9 Å². The summed E-state index contributed by atoms with van der Waals surface area (Å²) >= 11 is 9.03.